The summed E-state index contributed by atoms with van der Waals surface area (Å²) < 4.78 is 7.43. The summed E-state index contributed by atoms with van der Waals surface area (Å²) in [5, 5.41) is 19.4. The number of nitrogens with one attached hydrogen (secondary N) is 1. The lowest BCUT2D eigenvalue weighted by molar-refractivity contribution is -0.113. The highest BCUT2D eigenvalue weighted by Gasteiger charge is 2.15. The van der Waals surface area contributed by atoms with E-state index in [4.69, 9.17) is 4.42 Å². The quantitative estimate of drug-likeness (QED) is 0.488. The van der Waals surface area contributed by atoms with Gasteiger partial charge < -0.3 is 4.42 Å². The minimum Gasteiger partial charge on any atom is -0.403 e. The van der Waals surface area contributed by atoms with Gasteiger partial charge >= 0.3 is 6.01 Å². The summed E-state index contributed by atoms with van der Waals surface area (Å²) >= 11 is 1.29. The molecule has 4 rings (SSSR count). The van der Waals surface area contributed by atoms with Crippen LogP contribution < -0.4 is 5.32 Å². The number of thioether (sulfide) groups is 1. The van der Waals surface area contributed by atoms with Crippen LogP contribution in [0.5, 0.6) is 0 Å². The van der Waals surface area contributed by atoms with Crippen molar-refractivity contribution in [3.05, 3.63) is 66.0 Å². The number of aryl methyl sites for hydroxylation is 2. The molecule has 146 valence electrons. The van der Waals surface area contributed by atoms with Crippen molar-refractivity contribution < 1.29 is 9.21 Å². The molecule has 29 heavy (non-hydrogen) atoms. The van der Waals surface area contributed by atoms with Crippen molar-refractivity contribution in [1.29, 1.82) is 0 Å². The van der Waals surface area contributed by atoms with Gasteiger partial charge in [-0.25, -0.2) is 0 Å². The van der Waals surface area contributed by atoms with E-state index in [-0.39, 0.29) is 17.7 Å². The number of hydrogen-bond acceptors (Lipinski definition) is 7. The van der Waals surface area contributed by atoms with Crippen molar-refractivity contribution >= 4 is 23.7 Å². The summed E-state index contributed by atoms with van der Waals surface area (Å²) in [5.41, 5.74) is 2.88. The first-order valence-corrected chi connectivity index (χ1v) is 9.89. The van der Waals surface area contributed by atoms with Gasteiger partial charge in [-0.3, -0.25) is 14.7 Å². The van der Waals surface area contributed by atoms with Crippen LogP contribution in [0, 0.1) is 13.8 Å². The van der Waals surface area contributed by atoms with Gasteiger partial charge in [0.1, 0.15) is 5.82 Å². The Morgan fingerprint density at radius 3 is 2.66 bits per heavy atom. The van der Waals surface area contributed by atoms with Crippen molar-refractivity contribution in [1.82, 2.24) is 25.0 Å². The van der Waals surface area contributed by atoms with Crippen LogP contribution in [0.4, 0.5) is 6.01 Å². The predicted octanol–water partition coefficient (Wildman–Crippen LogP) is 3.66. The van der Waals surface area contributed by atoms with Gasteiger partial charge in [0.2, 0.25) is 11.8 Å². The number of carbonyl (C=O) groups excluding carboxylic acids is 1. The maximum absolute atomic E-state index is 12.3. The highest BCUT2D eigenvalue weighted by molar-refractivity contribution is 7.99. The minimum atomic E-state index is -0.269. The first kappa shape index (κ1) is 18.9. The Hall–Kier alpha value is -3.46. The molecule has 0 radical (unpaired) electrons. The molecule has 2 aromatic carbocycles. The second-order valence-corrected chi connectivity index (χ2v) is 7.26. The van der Waals surface area contributed by atoms with Crippen molar-refractivity contribution in [2.24, 2.45) is 0 Å². The van der Waals surface area contributed by atoms with Crippen LogP contribution in [0.3, 0.4) is 0 Å². The first-order chi connectivity index (χ1) is 14.1. The Labute approximate surface area is 171 Å². The summed E-state index contributed by atoms with van der Waals surface area (Å²) in [6.45, 7) is 3.90. The number of amides is 1. The molecule has 1 N–H and O–H groups in total. The van der Waals surface area contributed by atoms with Crippen LogP contribution in [-0.4, -0.2) is 36.6 Å². The number of anilines is 1. The van der Waals surface area contributed by atoms with Crippen molar-refractivity contribution in [3.63, 3.8) is 0 Å². The second-order valence-electron chi connectivity index (χ2n) is 6.32. The average molecular weight is 406 g/mol. The van der Waals surface area contributed by atoms with Gasteiger partial charge in [-0.05, 0) is 43.7 Å². The normalized spacial score (nSPS) is 10.8. The molecule has 9 heteroatoms. The van der Waals surface area contributed by atoms with Gasteiger partial charge in [-0.1, -0.05) is 47.2 Å². The number of hydrogen-bond donors (Lipinski definition) is 1. The summed E-state index contributed by atoms with van der Waals surface area (Å²) in [6.07, 6.45) is 0. The van der Waals surface area contributed by atoms with Crippen LogP contribution in [0.2, 0.25) is 0 Å². The van der Waals surface area contributed by atoms with E-state index >= 15 is 0 Å². The van der Waals surface area contributed by atoms with Crippen LogP contribution in [0.15, 0.2) is 64.2 Å². The van der Waals surface area contributed by atoms with E-state index < -0.39 is 0 Å². The van der Waals surface area contributed by atoms with E-state index in [1.165, 1.54) is 11.8 Å². The fraction of sp³-hybridized carbons (Fsp3) is 0.150. The smallest absolute Gasteiger partial charge is 0.322 e. The van der Waals surface area contributed by atoms with Crippen molar-refractivity contribution in [2.45, 2.75) is 19.0 Å². The molecule has 0 aliphatic rings. The molecule has 0 atom stereocenters. The van der Waals surface area contributed by atoms with Crippen molar-refractivity contribution in [3.8, 4) is 17.1 Å². The zero-order chi connectivity index (χ0) is 20.2. The minimum absolute atomic E-state index is 0.0609. The first-order valence-electron chi connectivity index (χ1n) is 8.91. The molecule has 0 saturated heterocycles. The maximum Gasteiger partial charge on any atom is 0.322 e. The third-order valence-corrected chi connectivity index (χ3v) is 5.01. The molecule has 2 aromatic heterocycles. The number of rotatable bonds is 6. The molecule has 0 saturated carbocycles. The fourth-order valence-corrected chi connectivity index (χ4v) is 3.55. The second kappa shape index (κ2) is 8.27. The van der Waals surface area contributed by atoms with E-state index in [1.54, 1.807) is 0 Å². The Balaban J connectivity index is 1.42. The van der Waals surface area contributed by atoms with Gasteiger partial charge in [0.05, 0.1) is 5.75 Å². The summed E-state index contributed by atoms with van der Waals surface area (Å²) in [5.74, 6) is 0.966. The number of aromatic nitrogens is 5. The molecule has 1 amide bonds. The highest BCUT2D eigenvalue weighted by Crippen LogP contribution is 2.23. The molecule has 0 aliphatic heterocycles. The molecule has 2 heterocycles. The molecule has 0 fully saturated rings. The molecule has 8 nitrogen and oxygen atoms in total. The van der Waals surface area contributed by atoms with E-state index in [1.807, 2.05) is 73.0 Å². The van der Waals surface area contributed by atoms with E-state index in [0.717, 1.165) is 22.6 Å². The van der Waals surface area contributed by atoms with Gasteiger partial charge in [-0.2, -0.15) is 0 Å². The molecule has 0 spiro atoms. The Morgan fingerprint density at radius 1 is 1.03 bits per heavy atom. The topological polar surface area (TPSA) is 98.7 Å². The fourth-order valence-electron chi connectivity index (χ4n) is 2.76. The standard InChI is InChI=1S/C20H18N6O2S/c1-13-7-6-10-16(11-13)26-14(2)22-25-20(26)29-12-17(27)21-19-24-23-18(28-19)15-8-4-3-5-9-15/h3-11H,12H2,1-2H3,(H,21,24,27). The third kappa shape index (κ3) is 4.35. The van der Waals surface area contributed by atoms with Gasteiger partial charge in [0.15, 0.2) is 5.16 Å². The molecule has 0 unspecified atom stereocenters. The van der Waals surface area contributed by atoms with Gasteiger partial charge in [0, 0.05) is 11.3 Å². The van der Waals surface area contributed by atoms with E-state index in [2.05, 4.69) is 25.7 Å². The van der Waals surface area contributed by atoms with E-state index in [9.17, 15) is 4.79 Å². The molecule has 0 aliphatic carbocycles. The summed E-state index contributed by atoms with van der Waals surface area (Å²) in [7, 11) is 0. The Morgan fingerprint density at radius 2 is 1.86 bits per heavy atom. The van der Waals surface area contributed by atoms with E-state index in [0.29, 0.717) is 11.0 Å². The predicted molar refractivity (Wildman–Crippen MR) is 110 cm³/mol. The lowest BCUT2D eigenvalue weighted by atomic mass is 10.2. The van der Waals surface area contributed by atoms with Crippen molar-refractivity contribution in [2.75, 3.05) is 11.1 Å². The maximum atomic E-state index is 12.3. The third-order valence-electron chi connectivity index (χ3n) is 4.08. The lowest BCUT2D eigenvalue weighted by Gasteiger charge is -2.08. The zero-order valence-electron chi connectivity index (χ0n) is 15.9. The highest BCUT2D eigenvalue weighted by atomic mass is 32.2. The monoisotopic (exact) mass is 406 g/mol. The van der Waals surface area contributed by atoms with Crippen LogP contribution in [0.25, 0.3) is 17.1 Å². The Bertz CT molecular complexity index is 1140. The summed E-state index contributed by atoms with van der Waals surface area (Å²) in [6, 6.07) is 17.5. The molecule has 4 aromatic rings. The number of carbonyl (C=O) groups is 1. The largest absolute Gasteiger partial charge is 0.403 e. The number of benzene rings is 2. The van der Waals surface area contributed by atoms with Crippen LogP contribution in [0.1, 0.15) is 11.4 Å². The summed E-state index contributed by atoms with van der Waals surface area (Å²) in [4.78, 5) is 12.3. The molecular weight excluding hydrogens is 388 g/mol. The van der Waals surface area contributed by atoms with Gasteiger partial charge in [0.25, 0.3) is 0 Å². The average Bonchev–Trinajstić information content (AvgIpc) is 3.33. The Kier molecular flexibility index (Phi) is 5.39. The van der Waals surface area contributed by atoms with Crippen LogP contribution >= 0.6 is 11.8 Å². The van der Waals surface area contributed by atoms with Crippen LogP contribution in [-0.2, 0) is 4.79 Å². The lowest BCUT2D eigenvalue weighted by Crippen LogP contribution is -2.15. The zero-order valence-corrected chi connectivity index (χ0v) is 16.7. The molecular formula is C20H18N6O2S. The number of nitrogens with zero attached hydrogens (tertiary/aromatic N) is 5. The van der Waals surface area contributed by atoms with Gasteiger partial charge in [-0.15, -0.1) is 15.3 Å². The molecule has 0 bridgehead atoms. The SMILES string of the molecule is Cc1cccc(-n2c(C)nnc2SCC(=O)Nc2nnc(-c3ccccc3)o2)c1.